The summed E-state index contributed by atoms with van der Waals surface area (Å²) in [6.07, 6.45) is 2.05. The number of anilines is 2. The Kier molecular flexibility index (Phi) is 5.65. The van der Waals surface area contributed by atoms with Gasteiger partial charge in [0.1, 0.15) is 11.6 Å². The van der Waals surface area contributed by atoms with Crippen molar-refractivity contribution in [3.05, 3.63) is 48.2 Å². The highest BCUT2D eigenvalue weighted by molar-refractivity contribution is 7.91. The van der Waals surface area contributed by atoms with Gasteiger partial charge in [0.15, 0.2) is 9.84 Å². The molecule has 0 bridgehead atoms. The number of pyridine rings is 1. The lowest BCUT2D eigenvalue weighted by molar-refractivity contribution is 0.0708. The number of ether oxygens (including phenoxy) is 1. The molecule has 1 fully saturated rings. The second-order valence-electron chi connectivity index (χ2n) is 6.43. The van der Waals surface area contributed by atoms with Gasteiger partial charge in [-0.3, -0.25) is 4.79 Å². The van der Waals surface area contributed by atoms with Gasteiger partial charge in [-0.15, -0.1) is 0 Å². The van der Waals surface area contributed by atoms with E-state index in [-0.39, 0.29) is 23.5 Å². The van der Waals surface area contributed by atoms with Crippen molar-refractivity contribution in [2.24, 2.45) is 0 Å². The van der Waals surface area contributed by atoms with Crippen LogP contribution in [-0.4, -0.2) is 55.4 Å². The van der Waals surface area contributed by atoms with Crippen molar-refractivity contribution in [2.45, 2.75) is 19.4 Å². The fourth-order valence-corrected chi connectivity index (χ4v) is 4.97. The number of nitrogens with zero attached hydrogens (tertiary/aromatic N) is 2. The average molecular weight is 389 g/mol. The molecule has 0 spiro atoms. The predicted octanol–water partition coefficient (Wildman–Crippen LogP) is 2.48. The summed E-state index contributed by atoms with van der Waals surface area (Å²) < 4.78 is 28.7. The molecule has 1 unspecified atom stereocenters. The van der Waals surface area contributed by atoms with Gasteiger partial charge in [-0.25, -0.2) is 13.4 Å². The first-order chi connectivity index (χ1) is 12.9. The minimum absolute atomic E-state index is 0.0343. The molecule has 1 saturated heterocycles. The first-order valence-corrected chi connectivity index (χ1v) is 10.6. The van der Waals surface area contributed by atoms with Crippen molar-refractivity contribution in [1.29, 1.82) is 0 Å². The van der Waals surface area contributed by atoms with Crippen LogP contribution in [0.3, 0.4) is 0 Å². The number of carbonyl (C=O) groups excluding carboxylic acids is 1. The Morgan fingerprint density at radius 1 is 1.33 bits per heavy atom. The van der Waals surface area contributed by atoms with Crippen LogP contribution in [0.4, 0.5) is 11.5 Å². The number of methoxy groups -OCH3 is 1. The molecule has 3 rings (SSSR count). The number of hydrogen-bond acceptors (Lipinski definition) is 6. The molecule has 0 radical (unpaired) electrons. The zero-order valence-corrected chi connectivity index (χ0v) is 16.2. The molecule has 7 nitrogen and oxygen atoms in total. The maximum Gasteiger partial charge on any atom is 0.254 e. The molecule has 0 aliphatic carbocycles. The lowest BCUT2D eigenvalue weighted by Crippen LogP contribution is -2.41. The zero-order chi connectivity index (χ0) is 19.4. The maximum atomic E-state index is 12.9. The molecule has 1 N–H and O–H groups in total. The van der Waals surface area contributed by atoms with Crippen LogP contribution in [0.15, 0.2) is 42.6 Å². The number of rotatable bonds is 6. The molecule has 1 aliphatic heterocycles. The van der Waals surface area contributed by atoms with Gasteiger partial charge in [0.05, 0.1) is 18.6 Å². The molecule has 1 atom stereocenters. The highest BCUT2D eigenvalue weighted by Crippen LogP contribution is 2.23. The molecule has 144 valence electrons. The van der Waals surface area contributed by atoms with Crippen molar-refractivity contribution >= 4 is 27.2 Å². The van der Waals surface area contributed by atoms with Gasteiger partial charge in [-0.1, -0.05) is 6.07 Å². The Morgan fingerprint density at radius 2 is 2.15 bits per heavy atom. The lowest BCUT2D eigenvalue weighted by Gasteiger charge is -2.27. The first-order valence-electron chi connectivity index (χ1n) is 8.80. The average Bonchev–Trinajstić information content (AvgIpc) is 3.02. The van der Waals surface area contributed by atoms with Gasteiger partial charge in [-0.05, 0) is 37.6 Å². The Bertz CT molecular complexity index is 930. The van der Waals surface area contributed by atoms with E-state index >= 15 is 0 Å². The number of sulfone groups is 1. The third kappa shape index (κ3) is 4.57. The van der Waals surface area contributed by atoms with E-state index in [1.54, 1.807) is 30.3 Å². The molecule has 1 amide bonds. The summed E-state index contributed by atoms with van der Waals surface area (Å²) in [5.74, 6) is 1.24. The van der Waals surface area contributed by atoms with Crippen LogP contribution in [0.2, 0.25) is 0 Å². The molecule has 8 heteroatoms. The van der Waals surface area contributed by atoms with Crippen LogP contribution in [0, 0.1) is 0 Å². The van der Waals surface area contributed by atoms with Crippen LogP contribution < -0.4 is 10.1 Å². The van der Waals surface area contributed by atoms with E-state index in [1.807, 2.05) is 31.2 Å². The second kappa shape index (κ2) is 7.96. The normalized spacial score (nSPS) is 18.1. The predicted molar refractivity (Wildman–Crippen MR) is 104 cm³/mol. The van der Waals surface area contributed by atoms with Gasteiger partial charge in [0.25, 0.3) is 5.91 Å². The standard InChI is InChI=1S/C19H23N3O4S/c1-3-22(16-8-10-27(24,25)13-16)19(23)14-7-9-20-18(11-14)21-15-5-4-6-17(12-15)26-2/h4-7,9,11-12,16H,3,8,10,13H2,1-2H3,(H,20,21). The quantitative estimate of drug-likeness (QED) is 0.817. The molecule has 27 heavy (non-hydrogen) atoms. The van der Waals surface area contributed by atoms with E-state index in [4.69, 9.17) is 4.74 Å². The monoisotopic (exact) mass is 389 g/mol. The SMILES string of the molecule is CCN(C(=O)c1ccnc(Nc2cccc(OC)c2)c1)C1CCS(=O)(=O)C1. The van der Waals surface area contributed by atoms with Crippen LogP contribution in [-0.2, 0) is 9.84 Å². The van der Waals surface area contributed by atoms with Crippen molar-refractivity contribution < 1.29 is 17.9 Å². The minimum Gasteiger partial charge on any atom is -0.497 e. The van der Waals surface area contributed by atoms with Crippen LogP contribution >= 0.6 is 0 Å². The minimum atomic E-state index is -3.05. The fraction of sp³-hybridized carbons (Fsp3) is 0.368. The van der Waals surface area contributed by atoms with Crippen LogP contribution in [0.1, 0.15) is 23.7 Å². The number of hydrogen-bond donors (Lipinski definition) is 1. The zero-order valence-electron chi connectivity index (χ0n) is 15.4. The topological polar surface area (TPSA) is 88.6 Å². The summed E-state index contributed by atoms with van der Waals surface area (Å²) in [5, 5.41) is 3.16. The largest absolute Gasteiger partial charge is 0.497 e. The Morgan fingerprint density at radius 3 is 2.81 bits per heavy atom. The highest BCUT2D eigenvalue weighted by Gasteiger charge is 2.34. The van der Waals surface area contributed by atoms with E-state index in [0.717, 1.165) is 5.69 Å². The Hall–Kier alpha value is -2.61. The van der Waals surface area contributed by atoms with E-state index in [1.165, 1.54) is 0 Å². The summed E-state index contributed by atoms with van der Waals surface area (Å²) in [7, 11) is -1.46. The van der Waals surface area contributed by atoms with Crippen molar-refractivity contribution in [3.63, 3.8) is 0 Å². The third-order valence-corrected chi connectivity index (χ3v) is 6.35. The number of carbonyl (C=O) groups is 1. The van der Waals surface area contributed by atoms with Crippen molar-refractivity contribution in [2.75, 3.05) is 30.5 Å². The summed E-state index contributed by atoms with van der Waals surface area (Å²) in [6, 6.07) is 10.5. The number of benzene rings is 1. The van der Waals surface area contributed by atoms with Crippen molar-refractivity contribution in [1.82, 2.24) is 9.88 Å². The smallest absolute Gasteiger partial charge is 0.254 e. The Labute approximate surface area is 159 Å². The van der Waals surface area contributed by atoms with Gasteiger partial charge in [-0.2, -0.15) is 0 Å². The summed E-state index contributed by atoms with van der Waals surface area (Å²) in [4.78, 5) is 18.8. The van der Waals surface area contributed by atoms with Gasteiger partial charge < -0.3 is 15.0 Å². The molecule has 2 aromatic rings. The number of aromatic nitrogens is 1. The van der Waals surface area contributed by atoms with E-state index < -0.39 is 9.84 Å². The van der Waals surface area contributed by atoms with Crippen LogP contribution in [0.25, 0.3) is 0 Å². The Balaban J connectivity index is 1.78. The molecule has 1 aromatic heterocycles. The van der Waals surface area contributed by atoms with Gasteiger partial charge >= 0.3 is 0 Å². The fourth-order valence-electron chi connectivity index (χ4n) is 3.24. The highest BCUT2D eigenvalue weighted by atomic mass is 32.2. The first kappa shape index (κ1) is 19.2. The van der Waals surface area contributed by atoms with Gasteiger partial charge in [0.2, 0.25) is 0 Å². The molecular weight excluding hydrogens is 366 g/mol. The molecule has 0 saturated carbocycles. The lowest BCUT2D eigenvalue weighted by atomic mass is 10.1. The van der Waals surface area contributed by atoms with E-state index in [2.05, 4.69) is 10.3 Å². The number of nitrogens with one attached hydrogen (secondary N) is 1. The second-order valence-corrected chi connectivity index (χ2v) is 8.66. The molecule has 1 aromatic carbocycles. The maximum absolute atomic E-state index is 12.9. The summed E-state index contributed by atoms with van der Waals surface area (Å²) >= 11 is 0. The van der Waals surface area contributed by atoms with E-state index in [0.29, 0.717) is 30.1 Å². The molecular formula is C19H23N3O4S. The van der Waals surface area contributed by atoms with E-state index in [9.17, 15) is 13.2 Å². The molecule has 2 heterocycles. The molecule has 1 aliphatic rings. The van der Waals surface area contributed by atoms with Crippen molar-refractivity contribution in [3.8, 4) is 5.75 Å². The van der Waals surface area contributed by atoms with Crippen LogP contribution in [0.5, 0.6) is 5.75 Å². The number of amides is 1. The summed E-state index contributed by atoms with van der Waals surface area (Å²) in [6.45, 7) is 2.32. The van der Waals surface area contributed by atoms with Gasteiger partial charge in [0, 0.05) is 36.1 Å². The summed E-state index contributed by atoms with van der Waals surface area (Å²) in [5.41, 5.74) is 1.27. The third-order valence-electron chi connectivity index (χ3n) is 4.60.